The smallest absolute Gasteiger partial charge is 0.167 e. The minimum Gasteiger partial charge on any atom is -0.456 e. The molecule has 0 amide bonds. The summed E-state index contributed by atoms with van der Waals surface area (Å²) >= 11 is 0. The van der Waals surface area contributed by atoms with Gasteiger partial charge in [0.2, 0.25) is 0 Å². The summed E-state index contributed by atoms with van der Waals surface area (Å²) in [5.74, 6) is 1.65. The standard InChI is InChI=1S/C51H29N3O3/c1-3-14-30(15-4-1)40-28-32(29-41-34-18-7-9-25-42(34)56-48(40)41)33-20-11-21-35-36-22-12-24-39(47(36)57-46(33)35)51-53-49(31-16-5-2-6-17-31)52-50(54-51)38-23-13-27-44-45(38)37-19-8-10-26-43(37)55-44/h1-29H. The van der Waals surface area contributed by atoms with Crippen molar-refractivity contribution >= 4 is 65.8 Å². The fraction of sp³-hybridized carbons (Fsp3) is 0. The van der Waals surface area contributed by atoms with Gasteiger partial charge in [0, 0.05) is 54.6 Å². The molecule has 0 N–H and O–H groups in total. The fourth-order valence-electron chi connectivity index (χ4n) is 8.33. The summed E-state index contributed by atoms with van der Waals surface area (Å²) in [5.41, 5.74) is 11.5. The lowest BCUT2D eigenvalue weighted by Gasteiger charge is -2.09. The summed E-state index contributed by atoms with van der Waals surface area (Å²) < 4.78 is 19.8. The van der Waals surface area contributed by atoms with Crippen LogP contribution in [0.1, 0.15) is 0 Å². The fourth-order valence-corrected chi connectivity index (χ4v) is 8.33. The number of para-hydroxylation sites is 4. The highest BCUT2D eigenvalue weighted by molar-refractivity contribution is 6.16. The predicted molar refractivity (Wildman–Crippen MR) is 229 cm³/mol. The number of hydrogen-bond donors (Lipinski definition) is 0. The van der Waals surface area contributed by atoms with Gasteiger partial charge in [-0.1, -0.05) is 140 Å². The van der Waals surface area contributed by atoms with Gasteiger partial charge in [0.1, 0.15) is 33.5 Å². The molecule has 0 spiro atoms. The van der Waals surface area contributed by atoms with Gasteiger partial charge >= 0.3 is 0 Å². The lowest BCUT2D eigenvalue weighted by molar-refractivity contribution is 0.669. The largest absolute Gasteiger partial charge is 0.456 e. The molecule has 6 nitrogen and oxygen atoms in total. The second-order valence-corrected chi connectivity index (χ2v) is 14.3. The summed E-state index contributed by atoms with van der Waals surface area (Å²) in [7, 11) is 0. The Morgan fingerprint density at radius 1 is 0.281 bits per heavy atom. The maximum absolute atomic E-state index is 7.02. The van der Waals surface area contributed by atoms with Gasteiger partial charge in [-0.15, -0.1) is 0 Å². The molecule has 0 saturated heterocycles. The second kappa shape index (κ2) is 12.3. The lowest BCUT2D eigenvalue weighted by Crippen LogP contribution is -2.00. The van der Waals surface area contributed by atoms with Crippen LogP contribution in [0.15, 0.2) is 189 Å². The van der Waals surface area contributed by atoms with Gasteiger partial charge in [0.05, 0.1) is 5.56 Å². The van der Waals surface area contributed by atoms with Crippen LogP contribution in [0.2, 0.25) is 0 Å². The molecule has 0 bridgehead atoms. The van der Waals surface area contributed by atoms with Crippen LogP contribution in [0, 0.1) is 0 Å². The van der Waals surface area contributed by atoms with Crippen molar-refractivity contribution in [2.24, 2.45) is 0 Å². The first-order valence-corrected chi connectivity index (χ1v) is 18.9. The number of aromatic nitrogens is 3. The van der Waals surface area contributed by atoms with E-state index in [4.69, 9.17) is 28.2 Å². The van der Waals surface area contributed by atoms with E-state index in [1.54, 1.807) is 0 Å². The van der Waals surface area contributed by atoms with E-state index in [9.17, 15) is 0 Å². The molecule has 0 radical (unpaired) electrons. The Morgan fingerprint density at radius 2 is 0.807 bits per heavy atom. The van der Waals surface area contributed by atoms with Crippen molar-refractivity contribution in [3.05, 3.63) is 176 Å². The van der Waals surface area contributed by atoms with Crippen LogP contribution in [0.25, 0.3) is 122 Å². The maximum atomic E-state index is 7.02. The molecular weight excluding hydrogens is 703 g/mol. The molecule has 12 aromatic rings. The molecular formula is C51H29N3O3. The second-order valence-electron chi connectivity index (χ2n) is 14.3. The van der Waals surface area contributed by atoms with Crippen LogP contribution >= 0.6 is 0 Å². The van der Waals surface area contributed by atoms with Gasteiger partial charge in [-0.05, 0) is 47.5 Å². The molecule has 0 aliphatic heterocycles. The minimum absolute atomic E-state index is 0.521. The molecule has 0 saturated carbocycles. The van der Waals surface area contributed by atoms with Crippen LogP contribution in [-0.4, -0.2) is 15.0 Å². The van der Waals surface area contributed by atoms with Crippen LogP contribution in [0.3, 0.4) is 0 Å². The third kappa shape index (κ3) is 4.94. The quantitative estimate of drug-likeness (QED) is 0.175. The van der Waals surface area contributed by atoms with Crippen LogP contribution in [-0.2, 0) is 0 Å². The van der Waals surface area contributed by atoms with E-state index < -0.39 is 0 Å². The average Bonchev–Trinajstić information content (AvgIpc) is 3.98. The summed E-state index contributed by atoms with van der Waals surface area (Å²) in [6, 6.07) is 59.7. The van der Waals surface area contributed by atoms with Gasteiger partial charge in [-0.25, -0.2) is 15.0 Å². The van der Waals surface area contributed by atoms with Crippen molar-refractivity contribution in [3.63, 3.8) is 0 Å². The number of rotatable bonds is 5. The Labute approximate surface area is 325 Å². The first-order chi connectivity index (χ1) is 28.2. The Balaban J connectivity index is 1.09. The Kier molecular flexibility index (Phi) is 6.83. The molecule has 0 fully saturated rings. The third-order valence-corrected chi connectivity index (χ3v) is 11.0. The number of fused-ring (bicyclic) bond motifs is 9. The lowest BCUT2D eigenvalue weighted by atomic mass is 9.95. The van der Waals surface area contributed by atoms with Gasteiger partial charge in [-0.2, -0.15) is 0 Å². The highest BCUT2D eigenvalue weighted by Crippen LogP contribution is 2.44. The molecule has 12 rings (SSSR count). The topological polar surface area (TPSA) is 78.1 Å². The Hall–Kier alpha value is -7.83. The molecule has 0 atom stereocenters. The van der Waals surface area contributed by atoms with Gasteiger partial charge in [0.25, 0.3) is 0 Å². The van der Waals surface area contributed by atoms with Crippen molar-refractivity contribution in [1.82, 2.24) is 15.0 Å². The van der Waals surface area contributed by atoms with Gasteiger partial charge < -0.3 is 13.3 Å². The van der Waals surface area contributed by atoms with Crippen molar-refractivity contribution in [2.45, 2.75) is 0 Å². The van der Waals surface area contributed by atoms with Gasteiger partial charge in [-0.3, -0.25) is 0 Å². The summed E-state index contributed by atoms with van der Waals surface area (Å²) in [6.07, 6.45) is 0. The first-order valence-electron chi connectivity index (χ1n) is 18.9. The van der Waals surface area contributed by atoms with Crippen LogP contribution in [0.4, 0.5) is 0 Å². The molecule has 4 aromatic heterocycles. The zero-order valence-electron chi connectivity index (χ0n) is 30.3. The number of furan rings is 3. The van der Waals surface area contributed by atoms with Gasteiger partial charge in [0.15, 0.2) is 17.5 Å². The Morgan fingerprint density at radius 3 is 1.58 bits per heavy atom. The van der Waals surface area contributed by atoms with Crippen LogP contribution < -0.4 is 0 Å². The van der Waals surface area contributed by atoms with E-state index in [1.165, 1.54) is 0 Å². The molecule has 266 valence electrons. The monoisotopic (exact) mass is 731 g/mol. The van der Waals surface area contributed by atoms with E-state index in [1.807, 2.05) is 91.0 Å². The summed E-state index contributed by atoms with van der Waals surface area (Å²) in [5, 5.41) is 6.10. The van der Waals surface area contributed by atoms with E-state index in [-0.39, 0.29) is 0 Å². The summed E-state index contributed by atoms with van der Waals surface area (Å²) in [4.78, 5) is 15.4. The summed E-state index contributed by atoms with van der Waals surface area (Å²) in [6.45, 7) is 0. The molecule has 0 unspecified atom stereocenters. The van der Waals surface area contributed by atoms with Crippen molar-refractivity contribution < 1.29 is 13.3 Å². The number of nitrogens with zero attached hydrogens (tertiary/aromatic N) is 3. The maximum Gasteiger partial charge on any atom is 0.167 e. The van der Waals surface area contributed by atoms with E-state index in [0.29, 0.717) is 23.1 Å². The normalized spacial score (nSPS) is 11.9. The molecule has 0 aliphatic carbocycles. The predicted octanol–water partition coefficient (Wildman–Crippen LogP) is 13.9. The average molecular weight is 732 g/mol. The molecule has 0 aliphatic rings. The molecule has 4 heterocycles. The molecule has 57 heavy (non-hydrogen) atoms. The molecule has 8 aromatic carbocycles. The Bertz CT molecular complexity index is 3530. The zero-order valence-corrected chi connectivity index (χ0v) is 30.3. The highest BCUT2D eigenvalue weighted by atomic mass is 16.3. The third-order valence-electron chi connectivity index (χ3n) is 11.0. The molecule has 6 heteroatoms. The van der Waals surface area contributed by atoms with Crippen molar-refractivity contribution in [1.29, 1.82) is 0 Å². The van der Waals surface area contributed by atoms with E-state index in [0.717, 1.165) is 99.2 Å². The SMILES string of the molecule is c1ccc(-c2nc(-c3cccc4c3oc3c(-c5cc(-c6ccccc6)c6oc7ccccc7c6c5)cccc34)nc(-c3cccc4oc5ccccc5c34)n2)cc1. The van der Waals surface area contributed by atoms with Crippen LogP contribution in [0.5, 0.6) is 0 Å². The number of benzene rings is 8. The number of hydrogen-bond acceptors (Lipinski definition) is 6. The minimum atomic E-state index is 0.521. The van der Waals surface area contributed by atoms with E-state index in [2.05, 4.69) is 84.9 Å². The highest BCUT2D eigenvalue weighted by Gasteiger charge is 2.22. The first kappa shape index (κ1) is 31.5. The zero-order chi connectivity index (χ0) is 37.5. The van der Waals surface area contributed by atoms with Crippen molar-refractivity contribution in [2.75, 3.05) is 0 Å². The van der Waals surface area contributed by atoms with E-state index >= 15 is 0 Å². The van der Waals surface area contributed by atoms with Crippen molar-refractivity contribution in [3.8, 4) is 56.4 Å².